The summed E-state index contributed by atoms with van der Waals surface area (Å²) in [5.41, 5.74) is 1.77. The minimum atomic E-state index is -0.802. The van der Waals surface area contributed by atoms with Gasteiger partial charge < -0.3 is 15.1 Å². The molecule has 1 fully saturated rings. The number of benzene rings is 1. The predicted molar refractivity (Wildman–Crippen MR) is 106 cm³/mol. The number of aliphatic carboxylic acids is 1. The molecule has 0 spiro atoms. The molecule has 5 heteroatoms. The maximum Gasteiger partial charge on any atom is 0.310 e. The van der Waals surface area contributed by atoms with Crippen molar-refractivity contribution in [3.8, 4) is 0 Å². The van der Waals surface area contributed by atoms with Gasteiger partial charge in [-0.15, -0.1) is 0 Å². The Kier molecular flexibility index (Phi) is 8.29. The van der Waals surface area contributed by atoms with Crippen molar-refractivity contribution in [1.82, 2.24) is 4.90 Å². The standard InChI is InChI=1S/C22H33NO4/c1-16-8-6-12-21(25)23(16)13-5-3-4-11-20(22(26)27)19-10-7-9-18(15-19)14-17(2)24/h7,9-10,15-17,20,24H,3-6,8,11-14H2,1-2H3,(H,26,27)/t16-,17?,20?/m0/s1. The minimum absolute atomic E-state index is 0.257. The number of aliphatic hydroxyl groups excluding tert-OH is 1. The molecule has 1 aromatic rings. The Morgan fingerprint density at radius 1 is 1.30 bits per heavy atom. The summed E-state index contributed by atoms with van der Waals surface area (Å²) < 4.78 is 0. The normalized spacial score (nSPS) is 19.7. The van der Waals surface area contributed by atoms with Gasteiger partial charge in [0.1, 0.15) is 0 Å². The number of hydrogen-bond acceptors (Lipinski definition) is 3. The average Bonchev–Trinajstić information content (AvgIpc) is 2.59. The highest BCUT2D eigenvalue weighted by Gasteiger charge is 2.24. The fraction of sp³-hybridized carbons (Fsp3) is 0.636. The number of amides is 1. The van der Waals surface area contributed by atoms with Gasteiger partial charge in [-0.25, -0.2) is 0 Å². The molecular weight excluding hydrogens is 342 g/mol. The Bertz CT molecular complexity index is 628. The van der Waals surface area contributed by atoms with Crippen molar-refractivity contribution < 1.29 is 19.8 Å². The van der Waals surface area contributed by atoms with Gasteiger partial charge in [-0.05, 0) is 57.1 Å². The van der Waals surface area contributed by atoms with Crippen LogP contribution in [0.25, 0.3) is 0 Å². The molecule has 0 aromatic heterocycles. The molecule has 0 aliphatic carbocycles. The zero-order valence-corrected chi connectivity index (χ0v) is 16.6. The summed E-state index contributed by atoms with van der Waals surface area (Å²) in [4.78, 5) is 25.7. The number of hydrogen-bond donors (Lipinski definition) is 2. The maximum atomic E-state index is 12.0. The van der Waals surface area contributed by atoms with E-state index in [1.54, 1.807) is 6.92 Å². The van der Waals surface area contributed by atoms with Gasteiger partial charge in [0.15, 0.2) is 0 Å². The van der Waals surface area contributed by atoms with Crippen LogP contribution in [0.4, 0.5) is 0 Å². The van der Waals surface area contributed by atoms with Crippen LogP contribution in [-0.2, 0) is 16.0 Å². The molecule has 27 heavy (non-hydrogen) atoms. The van der Waals surface area contributed by atoms with Gasteiger partial charge in [-0.3, -0.25) is 9.59 Å². The number of rotatable bonds is 10. The first-order valence-electron chi connectivity index (χ1n) is 10.2. The van der Waals surface area contributed by atoms with Gasteiger partial charge in [0, 0.05) is 19.0 Å². The number of likely N-dealkylation sites (tertiary alicyclic amines) is 1. The van der Waals surface area contributed by atoms with Gasteiger partial charge in [0.05, 0.1) is 12.0 Å². The molecular formula is C22H33NO4. The molecule has 1 aliphatic rings. The van der Waals surface area contributed by atoms with Gasteiger partial charge in [-0.1, -0.05) is 37.1 Å². The van der Waals surface area contributed by atoms with E-state index < -0.39 is 18.0 Å². The highest BCUT2D eigenvalue weighted by molar-refractivity contribution is 5.77. The van der Waals surface area contributed by atoms with Crippen molar-refractivity contribution in [1.29, 1.82) is 0 Å². The van der Waals surface area contributed by atoms with Crippen molar-refractivity contribution >= 4 is 11.9 Å². The van der Waals surface area contributed by atoms with Gasteiger partial charge in [0.25, 0.3) is 0 Å². The van der Waals surface area contributed by atoms with Crippen molar-refractivity contribution in [2.24, 2.45) is 0 Å². The molecule has 5 nitrogen and oxygen atoms in total. The number of carbonyl (C=O) groups excluding carboxylic acids is 1. The van der Waals surface area contributed by atoms with Gasteiger partial charge >= 0.3 is 5.97 Å². The monoisotopic (exact) mass is 375 g/mol. The minimum Gasteiger partial charge on any atom is -0.481 e. The van der Waals surface area contributed by atoms with E-state index in [0.717, 1.165) is 49.8 Å². The van der Waals surface area contributed by atoms with Crippen LogP contribution in [-0.4, -0.2) is 45.7 Å². The van der Waals surface area contributed by atoms with Crippen molar-refractivity contribution in [3.05, 3.63) is 35.4 Å². The molecule has 1 amide bonds. The predicted octanol–water partition coefficient (Wildman–Crippen LogP) is 3.74. The van der Waals surface area contributed by atoms with Crippen LogP contribution in [0, 0.1) is 0 Å². The van der Waals surface area contributed by atoms with E-state index in [-0.39, 0.29) is 5.91 Å². The smallest absolute Gasteiger partial charge is 0.310 e. The van der Waals surface area contributed by atoms with Gasteiger partial charge in [0.2, 0.25) is 5.91 Å². The van der Waals surface area contributed by atoms with Crippen molar-refractivity contribution in [2.75, 3.05) is 6.54 Å². The average molecular weight is 376 g/mol. The number of carboxylic acids is 1. The first-order valence-corrected chi connectivity index (χ1v) is 10.2. The summed E-state index contributed by atoms with van der Waals surface area (Å²) in [5, 5.41) is 19.2. The molecule has 2 N–H and O–H groups in total. The van der Waals surface area contributed by atoms with Crippen LogP contribution in [0.1, 0.15) is 75.8 Å². The van der Waals surface area contributed by atoms with E-state index in [2.05, 4.69) is 6.92 Å². The zero-order valence-electron chi connectivity index (χ0n) is 16.6. The summed E-state index contributed by atoms with van der Waals surface area (Å²) in [6.07, 6.45) is 6.09. The molecule has 2 unspecified atom stereocenters. The quantitative estimate of drug-likeness (QED) is 0.611. The number of unbranched alkanes of at least 4 members (excludes halogenated alkanes) is 2. The van der Waals surface area contributed by atoms with Crippen LogP contribution in [0.5, 0.6) is 0 Å². The molecule has 1 aromatic carbocycles. The third-order valence-corrected chi connectivity index (χ3v) is 5.44. The summed E-state index contributed by atoms with van der Waals surface area (Å²) in [6, 6.07) is 7.88. The summed E-state index contributed by atoms with van der Waals surface area (Å²) >= 11 is 0. The molecule has 0 bridgehead atoms. The molecule has 1 heterocycles. The van der Waals surface area contributed by atoms with E-state index in [1.165, 1.54) is 0 Å². The van der Waals surface area contributed by atoms with E-state index in [4.69, 9.17) is 0 Å². The number of nitrogens with zero attached hydrogens (tertiary/aromatic N) is 1. The molecule has 1 aliphatic heterocycles. The number of carbonyl (C=O) groups is 2. The highest BCUT2D eigenvalue weighted by Crippen LogP contribution is 2.25. The second-order valence-electron chi connectivity index (χ2n) is 7.87. The lowest BCUT2D eigenvalue weighted by Crippen LogP contribution is -2.42. The van der Waals surface area contributed by atoms with Crippen LogP contribution < -0.4 is 0 Å². The van der Waals surface area contributed by atoms with Crippen LogP contribution >= 0.6 is 0 Å². The first kappa shape index (κ1) is 21.4. The van der Waals surface area contributed by atoms with Crippen LogP contribution in [0.15, 0.2) is 24.3 Å². The van der Waals surface area contributed by atoms with Crippen LogP contribution in [0.3, 0.4) is 0 Å². The van der Waals surface area contributed by atoms with Gasteiger partial charge in [-0.2, -0.15) is 0 Å². The fourth-order valence-corrected chi connectivity index (χ4v) is 3.96. The largest absolute Gasteiger partial charge is 0.481 e. The Morgan fingerprint density at radius 3 is 2.74 bits per heavy atom. The Labute approximate surface area is 162 Å². The van der Waals surface area contributed by atoms with E-state index in [1.807, 2.05) is 29.2 Å². The van der Waals surface area contributed by atoms with E-state index >= 15 is 0 Å². The molecule has 1 saturated heterocycles. The molecule has 2 rings (SSSR count). The summed E-state index contributed by atoms with van der Waals surface area (Å²) in [7, 11) is 0. The van der Waals surface area contributed by atoms with Crippen LogP contribution in [0.2, 0.25) is 0 Å². The lowest BCUT2D eigenvalue weighted by atomic mass is 9.91. The Balaban J connectivity index is 1.83. The topological polar surface area (TPSA) is 77.8 Å². The lowest BCUT2D eigenvalue weighted by Gasteiger charge is -2.33. The Hall–Kier alpha value is -1.88. The molecule has 3 atom stereocenters. The van der Waals surface area contributed by atoms with Crippen molar-refractivity contribution in [3.63, 3.8) is 0 Å². The SMILES string of the molecule is CC(O)Cc1cccc(C(CCCCCN2C(=O)CCC[C@@H]2C)C(=O)O)c1. The second-order valence-corrected chi connectivity index (χ2v) is 7.87. The summed E-state index contributed by atoms with van der Waals surface area (Å²) in [5.74, 6) is -1.06. The van der Waals surface area contributed by atoms with E-state index in [9.17, 15) is 19.8 Å². The lowest BCUT2D eigenvalue weighted by molar-refractivity contribution is -0.139. The number of aliphatic hydroxyl groups is 1. The first-order chi connectivity index (χ1) is 12.9. The number of piperidine rings is 1. The molecule has 0 saturated carbocycles. The third-order valence-electron chi connectivity index (χ3n) is 5.44. The third kappa shape index (κ3) is 6.65. The summed E-state index contributed by atoms with van der Waals surface area (Å²) in [6.45, 7) is 4.62. The second kappa shape index (κ2) is 10.5. The molecule has 0 radical (unpaired) electrons. The highest BCUT2D eigenvalue weighted by atomic mass is 16.4. The maximum absolute atomic E-state index is 12.0. The Morgan fingerprint density at radius 2 is 2.07 bits per heavy atom. The zero-order chi connectivity index (χ0) is 19.8. The fourth-order valence-electron chi connectivity index (χ4n) is 3.96. The van der Waals surface area contributed by atoms with E-state index in [0.29, 0.717) is 25.3 Å². The number of carboxylic acid groups (broad SMARTS) is 1. The van der Waals surface area contributed by atoms with Crippen molar-refractivity contribution in [2.45, 2.75) is 83.3 Å². The molecule has 150 valence electrons.